The molecule has 0 fully saturated rings. The molecular formula is C6H6CoFeN13O14. The van der Waals surface area contributed by atoms with E-state index in [2.05, 4.69) is 0 Å². The first-order chi connectivity index (χ1) is 15.7. The first-order valence-corrected chi connectivity index (χ1v) is 9.03. The Bertz CT molecular complexity index is 803. The van der Waals surface area contributed by atoms with Crippen LogP contribution in [0.25, 0.3) is 0 Å². The van der Waals surface area contributed by atoms with Gasteiger partial charge < -0.3 is 31.2 Å². The molecule has 0 heterocycles. The van der Waals surface area contributed by atoms with Gasteiger partial charge in [-0.2, -0.15) is 0 Å². The summed E-state index contributed by atoms with van der Waals surface area (Å²) in [6.07, 6.45) is 0. The quantitative estimate of drug-likeness (QED) is 0.104. The predicted octanol–water partition coefficient (Wildman–Crippen LogP) is 0.675. The van der Waals surface area contributed by atoms with E-state index in [9.17, 15) is 10.1 Å². The zero-order chi connectivity index (χ0) is 29.4. The molecule has 0 bridgehead atoms. The van der Waals surface area contributed by atoms with Gasteiger partial charge in [-0.15, -0.1) is 29.4 Å². The standard InChI is InChI=1S/6CN.Co.Fe.6HNO2.NO2/c6*1-2;;;7*2-1-3/h;;;;;;;;6*(H,2,3);. The second-order valence-corrected chi connectivity index (χ2v) is 10.5. The van der Waals surface area contributed by atoms with Crippen molar-refractivity contribution in [2.75, 3.05) is 0 Å². The molecule has 0 aliphatic carbocycles. The molecule has 0 rings (SSSR count). The maximum atomic E-state index is 10.9. The van der Waals surface area contributed by atoms with Gasteiger partial charge in [0.15, 0.2) is 32.0 Å². The van der Waals surface area contributed by atoms with Gasteiger partial charge in [-0.05, 0) is 0 Å². The summed E-state index contributed by atoms with van der Waals surface area (Å²) in [5.41, 5.74) is 0. The predicted molar refractivity (Wildman–Crippen MR) is 86.2 cm³/mol. The molecule has 1 radical (unpaired) electrons. The fourth-order valence-corrected chi connectivity index (χ4v) is 1.81. The summed E-state index contributed by atoms with van der Waals surface area (Å²) < 4.78 is -1.94. The first-order valence-electron chi connectivity index (χ1n) is 5.22. The molecule has 0 spiro atoms. The van der Waals surface area contributed by atoms with Crippen LogP contribution < -0.4 is 0 Å². The van der Waals surface area contributed by atoms with Crippen LogP contribution >= 0.6 is 0 Å². The van der Waals surface area contributed by atoms with Crippen molar-refractivity contribution < 1.29 is 61.9 Å². The maximum Gasteiger partial charge on any atom is 0.152 e. The monoisotopic (exact) mass is 599 g/mol. The van der Waals surface area contributed by atoms with Crippen LogP contribution in [0, 0.1) is 101 Å². The molecule has 29 heteroatoms. The van der Waals surface area contributed by atoms with Crippen molar-refractivity contribution >= 4 is 0 Å². The van der Waals surface area contributed by atoms with Gasteiger partial charge in [0.2, 0.25) is 0 Å². The van der Waals surface area contributed by atoms with Crippen LogP contribution in [0.3, 0.4) is 0 Å². The molecular weight excluding hydrogens is 593 g/mol. The number of rotatable bonds is 1. The number of nitrogens with zero attached hydrogens (tertiary/aromatic N) is 13. The Morgan fingerprint density at radius 2 is 0.600 bits per heavy atom. The molecule has 0 unspecified atom stereocenters. The molecule has 0 atom stereocenters. The van der Waals surface area contributed by atoms with Gasteiger partial charge in [-0.3, -0.25) is 0 Å². The van der Waals surface area contributed by atoms with E-state index in [1.54, 1.807) is 0 Å². The van der Waals surface area contributed by atoms with Gasteiger partial charge >= 0.3 is 85.3 Å². The van der Waals surface area contributed by atoms with E-state index in [4.69, 9.17) is 92.3 Å². The minimum absolute atomic E-state index is 0. The Kier molecular flexibility index (Phi) is 33.0. The second kappa shape index (κ2) is 22.5. The van der Waals surface area contributed by atoms with Crippen LogP contribution in [0.4, 0.5) is 0 Å². The van der Waals surface area contributed by atoms with E-state index in [0.29, 0.717) is 29.8 Å². The van der Waals surface area contributed by atoms with Crippen molar-refractivity contribution in [3.8, 4) is 29.8 Å². The van der Waals surface area contributed by atoms with Gasteiger partial charge in [0.25, 0.3) is 0 Å². The Morgan fingerprint density at radius 1 is 0.514 bits per heavy atom. The summed E-state index contributed by atoms with van der Waals surface area (Å²) >= 11 is 0. The molecule has 0 aromatic heterocycles. The number of hydrogen-bond acceptors (Lipinski definition) is 20. The van der Waals surface area contributed by atoms with E-state index in [1.807, 2.05) is 0 Å². The van der Waals surface area contributed by atoms with Crippen LogP contribution in [0.15, 0.2) is 32.0 Å². The molecule has 0 aliphatic heterocycles. The number of hydrogen-bond donors (Lipinski definition) is 6. The Morgan fingerprint density at radius 3 is 0.600 bits per heavy atom. The normalized spacial score (nSPS) is 9.14. The van der Waals surface area contributed by atoms with Crippen molar-refractivity contribution in [2.24, 2.45) is 32.0 Å². The van der Waals surface area contributed by atoms with Gasteiger partial charge in [0.05, 0.1) is 0 Å². The van der Waals surface area contributed by atoms with Crippen molar-refractivity contribution in [3.63, 3.8) is 0 Å². The average molecular weight is 599 g/mol. The molecule has 196 valence electrons. The molecule has 27 nitrogen and oxygen atoms in total. The smallest absolute Gasteiger partial charge is 0.152 e. The van der Waals surface area contributed by atoms with Crippen molar-refractivity contribution in [1.29, 1.82) is 31.6 Å². The average Bonchev–Trinajstić information content (AvgIpc) is 2.81. The van der Waals surface area contributed by atoms with Gasteiger partial charge in [0.1, 0.15) is 0 Å². The molecule has 0 amide bonds. The maximum absolute atomic E-state index is 10.9. The summed E-state index contributed by atoms with van der Waals surface area (Å²) in [6, 6.07) is 0. The van der Waals surface area contributed by atoms with Crippen LogP contribution in [-0.4, -0.2) is 35.2 Å². The third-order valence-electron chi connectivity index (χ3n) is 1.79. The van der Waals surface area contributed by atoms with E-state index in [0.717, 1.165) is 0 Å². The molecule has 35 heavy (non-hydrogen) atoms. The zero-order valence-electron chi connectivity index (χ0n) is 15.4. The Hall–Kier alpha value is -6.23. The Labute approximate surface area is 195 Å². The van der Waals surface area contributed by atoms with Gasteiger partial charge in [0, 0.05) is 16.8 Å². The fourth-order valence-electron chi connectivity index (χ4n) is 0.438. The van der Waals surface area contributed by atoms with Gasteiger partial charge in [-0.1, -0.05) is 0 Å². The largest absolute Gasteiger partial charge is 0.379 e. The van der Waals surface area contributed by atoms with Crippen LogP contribution in [0.2, 0.25) is 0 Å². The summed E-state index contributed by atoms with van der Waals surface area (Å²) in [6.45, 7) is 0. The topological polar surface area (TPSA) is 484 Å². The molecule has 0 aromatic rings. The van der Waals surface area contributed by atoms with E-state index in [-0.39, 0.29) is 16.8 Å². The molecule has 0 aromatic carbocycles. The minimum atomic E-state index is -8.25. The summed E-state index contributed by atoms with van der Waals surface area (Å²) in [4.78, 5) is 62.8. The van der Waals surface area contributed by atoms with Crippen molar-refractivity contribution in [1.82, 2.24) is 0 Å². The molecule has 0 saturated heterocycles. The summed E-state index contributed by atoms with van der Waals surface area (Å²) in [7, 11) is -8.25. The third kappa shape index (κ3) is 10.6. The second-order valence-electron chi connectivity index (χ2n) is 2.97. The van der Waals surface area contributed by atoms with Crippen LogP contribution in [0.1, 0.15) is 0 Å². The first kappa shape index (κ1) is 51.4. The molecule has 0 aliphatic rings. The third-order valence-corrected chi connectivity index (χ3v) is 7.36. The van der Waals surface area contributed by atoms with Crippen molar-refractivity contribution in [2.45, 2.75) is 0 Å². The van der Waals surface area contributed by atoms with Crippen LogP contribution in [-0.2, 0) is 26.7 Å². The zero-order valence-corrected chi connectivity index (χ0v) is 17.6. The van der Waals surface area contributed by atoms with E-state index >= 15 is 0 Å². The van der Waals surface area contributed by atoms with Gasteiger partial charge in [-0.25, -0.2) is 0 Å². The SMILES string of the molecule is N#[C][Fe]([C]#N)([C]#N)([C]#N)([C]#N)([C]#N)[N+](=O)[O-].O=NO.O=NO.O=NO.O=NO.O=NO.O=NO.[Co]. The van der Waals surface area contributed by atoms with E-state index in [1.165, 1.54) is 32.0 Å². The molecule has 0 saturated carbocycles. The number of nitriles is 6. The summed E-state index contributed by atoms with van der Waals surface area (Å²) in [5.74, 6) is 0. The van der Waals surface area contributed by atoms with E-state index < -0.39 is 13.8 Å². The minimum Gasteiger partial charge on any atom is -0.379 e. The summed E-state index contributed by atoms with van der Waals surface area (Å²) in [5, 5.41) is 111. The molecule has 6 N–H and O–H groups in total. The Balaban J connectivity index is -0.0000000524. The van der Waals surface area contributed by atoms with Crippen LogP contribution in [0.5, 0.6) is 0 Å². The van der Waals surface area contributed by atoms with Crippen molar-refractivity contribution in [3.05, 3.63) is 39.6 Å². The fraction of sp³-hybridized carbons (Fsp3) is 0. The number of nitro groups is 1.